The van der Waals surface area contributed by atoms with E-state index < -0.39 is 29.9 Å². The fourth-order valence-electron chi connectivity index (χ4n) is 3.76. The number of urea groups is 1. The number of amides is 4. The van der Waals surface area contributed by atoms with Crippen LogP contribution < -0.4 is 11.1 Å². The van der Waals surface area contributed by atoms with Gasteiger partial charge in [-0.1, -0.05) is 27.4 Å². The maximum atomic E-state index is 12.8. The molecule has 4 N–H and O–H groups in total. The maximum absolute atomic E-state index is 12.8. The number of carbonyl (C=O) groups is 4. The molecule has 30 heavy (non-hydrogen) atoms. The van der Waals surface area contributed by atoms with Crippen molar-refractivity contribution in [3.63, 3.8) is 0 Å². The average Bonchev–Trinajstić information content (AvgIpc) is 2.63. The highest BCUT2D eigenvalue weighted by Gasteiger charge is 2.55. The Hall–Kier alpha value is -2.78. The Labute approximate surface area is 177 Å². The zero-order valence-electron chi connectivity index (χ0n) is 18.0. The highest BCUT2D eigenvalue weighted by molar-refractivity contribution is 6.07. The second-order valence-corrected chi connectivity index (χ2v) is 9.08. The summed E-state index contributed by atoms with van der Waals surface area (Å²) in [6.45, 7) is 11.3. The number of carboxylic acid groups (broad SMARTS) is 1. The third-order valence-corrected chi connectivity index (χ3v) is 5.30. The van der Waals surface area contributed by atoms with Gasteiger partial charge in [0.05, 0.1) is 11.7 Å². The van der Waals surface area contributed by atoms with Crippen molar-refractivity contribution in [1.29, 1.82) is 0 Å². The van der Waals surface area contributed by atoms with Crippen LogP contribution in [0.5, 0.6) is 0 Å². The molecule has 2 fully saturated rings. The van der Waals surface area contributed by atoms with Gasteiger partial charge in [0.2, 0.25) is 11.8 Å². The molecule has 2 atom stereocenters. The molecule has 168 valence electrons. The third kappa shape index (κ3) is 5.64. The number of nitrogens with two attached hydrogens (primary N) is 1. The summed E-state index contributed by atoms with van der Waals surface area (Å²) < 4.78 is 0. The van der Waals surface area contributed by atoms with Gasteiger partial charge in [0, 0.05) is 39.1 Å². The molecular weight excluding hydrogens is 390 g/mol. The summed E-state index contributed by atoms with van der Waals surface area (Å²) in [4.78, 5) is 53.3. The quantitative estimate of drug-likeness (QED) is 0.398. The molecule has 2 aliphatic heterocycles. The molecule has 10 heteroatoms. The summed E-state index contributed by atoms with van der Waals surface area (Å²) in [7, 11) is 0. The van der Waals surface area contributed by atoms with E-state index >= 15 is 0 Å². The number of nitrogens with zero attached hydrogens (tertiary/aromatic N) is 3. The molecule has 1 unspecified atom stereocenters. The summed E-state index contributed by atoms with van der Waals surface area (Å²) in [6.07, 6.45) is 1.29. The number of nitrogens with one attached hydrogen (secondary N) is 1. The summed E-state index contributed by atoms with van der Waals surface area (Å²) in [5, 5.41) is 12.4. The molecule has 0 radical (unpaired) electrons. The van der Waals surface area contributed by atoms with Crippen molar-refractivity contribution in [2.45, 2.75) is 46.1 Å². The number of hydrogen-bond acceptors (Lipinski definition) is 6. The average molecular weight is 424 g/mol. The lowest BCUT2D eigenvalue weighted by atomic mass is 9.83. The van der Waals surface area contributed by atoms with E-state index in [1.165, 1.54) is 4.90 Å². The summed E-state index contributed by atoms with van der Waals surface area (Å²) in [5.41, 5.74) is 5.29. The summed E-state index contributed by atoms with van der Waals surface area (Å²) >= 11 is 0. The molecule has 0 spiro atoms. The smallest absolute Gasteiger partial charge is 0.327 e. The molecule has 0 saturated carbocycles. The molecule has 0 aromatic carbocycles. The van der Waals surface area contributed by atoms with Gasteiger partial charge in [-0.2, -0.15) is 0 Å². The second kappa shape index (κ2) is 9.36. The van der Waals surface area contributed by atoms with E-state index in [0.29, 0.717) is 44.7 Å². The number of β-lactam (4-membered cyclic amide) rings is 1. The van der Waals surface area contributed by atoms with Gasteiger partial charge in [0.25, 0.3) is 0 Å². The zero-order chi connectivity index (χ0) is 22.6. The van der Waals surface area contributed by atoms with Crippen LogP contribution in [0.2, 0.25) is 0 Å². The molecule has 2 aliphatic rings. The molecule has 2 saturated heterocycles. The predicted octanol–water partition coefficient (Wildman–Crippen LogP) is 0.398. The van der Waals surface area contributed by atoms with Crippen LogP contribution in [0, 0.1) is 11.3 Å². The number of carbonyl (C=O) groups excluding carboxylic acids is 3. The van der Waals surface area contributed by atoms with Crippen molar-refractivity contribution >= 4 is 23.8 Å². The lowest BCUT2D eigenvalue weighted by molar-refractivity contribution is -0.167. The number of aliphatic carboxylic acids is 1. The van der Waals surface area contributed by atoms with Crippen molar-refractivity contribution < 1.29 is 24.3 Å². The number of imide groups is 1. The molecule has 2 rings (SSSR count). The number of hydrogen-bond donors (Lipinski definition) is 3. The van der Waals surface area contributed by atoms with Crippen molar-refractivity contribution in [3.8, 4) is 0 Å². The number of rotatable bonds is 7. The van der Waals surface area contributed by atoms with Gasteiger partial charge < -0.3 is 26.0 Å². The van der Waals surface area contributed by atoms with Crippen molar-refractivity contribution in [2.75, 3.05) is 32.7 Å². The minimum atomic E-state index is -1.19. The second-order valence-electron chi connectivity index (χ2n) is 9.08. The van der Waals surface area contributed by atoms with E-state index in [4.69, 9.17) is 5.73 Å². The fourth-order valence-corrected chi connectivity index (χ4v) is 3.76. The Morgan fingerprint density at radius 3 is 2.23 bits per heavy atom. The van der Waals surface area contributed by atoms with E-state index in [1.807, 2.05) is 20.8 Å². The topological polar surface area (TPSA) is 136 Å². The minimum Gasteiger partial charge on any atom is -0.480 e. The van der Waals surface area contributed by atoms with Gasteiger partial charge in [-0.15, -0.1) is 0 Å². The SMILES string of the molecule is C=C(N)NCCC[C@H]1C(=O)N(C(=O)N2CCN(C(=O)CC(C)(C)C)CC2)C1C(=O)O. The van der Waals surface area contributed by atoms with Gasteiger partial charge in [-0.25, -0.2) is 14.5 Å². The third-order valence-electron chi connectivity index (χ3n) is 5.30. The Kier molecular flexibility index (Phi) is 7.33. The molecule has 0 aromatic rings. The van der Waals surface area contributed by atoms with Gasteiger partial charge >= 0.3 is 12.0 Å². The van der Waals surface area contributed by atoms with E-state index in [-0.39, 0.29) is 24.4 Å². The molecule has 10 nitrogen and oxygen atoms in total. The highest BCUT2D eigenvalue weighted by atomic mass is 16.4. The molecule has 0 aliphatic carbocycles. The van der Waals surface area contributed by atoms with Gasteiger partial charge in [0.1, 0.15) is 0 Å². The molecule has 0 bridgehead atoms. The fraction of sp³-hybridized carbons (Fsp3) is 0.700. The zero-order valence-corrected chi connectivity index (χ0v) is 18.0. The minimum absolute atomic E-state index is 0.0341. The summed E-state index contributed by atoms with van der Waals surface area (Å²) in [6, 6.07) is -1.76. The van der Waals surface area contributed by atoms with Crippen LogP contribution in [-0.4, -0.2) is 82.4 Å². The van der Waals surface area contributed by atoms with Crippen LogP contribution in [0.3, 0.4) is 0 Å². The van der Waals surface area contributed by atoms with E-state index in [1.54, 1.807) is 4.90 Å². The molecule has 4 amide bonds. The first-order valence-electron chi connectivity index (χ1n) is 10.2. The van der Waals surface area contributed by atoms with E-state index in [9.17, 15) is 24.3 Å². The van der Waals surface area contributed by atoms with Crippen LogP contribution in [-0.2, 0) is 14.4 Å². The maximum Gasteiger partial charge on any atom is 0.327 e. The van der Waals surface area contributed by atoms with Crippen LogP contribution in [0.1, 0.15) is 40.0 Å². The first-order chi connectivity index (χ1) is 13.9. The van der Waals surface area contributed by atoms with Crippen molar-refractivity contribution in [3.05, 3.63) is 12.4 Å². The Morgan fingerprint density at radius 1 is 1.17 bits per heavy atom. The standard InChI is InChI=1S/C20H33N5O5/c1-13(21)22-7-5-6-14-16(18(28)29)25(17(14)27)19(30)24-10-8-23(9-11-24)15(26)12-20(2,3)4/h14,16,22H,1,5-12,21H2,2-4H3,(H,28,29)/t14-,16?/m1/s1. The number of carboxylic acids is 1. The molecule has 0 aromatic heterocycles. The van der Waals surface area contributed by atoms with Crippen LogP contribution in [0.15, 0.2) is 12.4 Å². The number of piperazine rings is 1. The van der Waals surface area contributed by atoms with E-state index in [0.717, 1.165) is 4.90 Å². The Balaban J connectivity index is 1.90. The van der Waals surface area contributed by atoms with Gasteiger partial charge in [-0.3, -0.25) is 9.59 Å². The van der Waals surface area contributed by atoms with Gasteiger partial charge in [0.15, 0.2) is 6.04 Å². The molecule has 2 heterocycles. The number of likely N-dealkylation sites (tertiary alicyclic amines) is 1. The largest absolute Gasteiger partial charge is 0.480 e. The first kappa shape index (κ1) is 23.5. The molecular formula is C20H33N5O5. The monoisotopic (exact) mass is 423 g/mol. The van der Waals surface area contributed by atoms with Crippen molar-refractivity contribution in [1.82, 2.24) is 20.0 Å². The van der Waals surface area contributed by atoms with Crippen LogP contribution >= 0.6 is 0 Å². The van der Waals surface area contributed by atoms with Crippen LogP contribution in [0.4, 0.5) is 4.79 Å². The van der Waals surface area contributed by atoms with E-state index in [2.05, 4.69) is 11.9 Å². The summed E-state index contributed by atoms with van der Waals surface area (Å²) in [5.74, 6) is -2.05. The normalized spacial score (nSPS) is 21.8. The Morgan fingerprint density at radius 2 is 1.73 bits per heavy atom. The van der Waals surface area contributed by atoms with Crippen molar-refractivity contribution in [2.24, 2.45) is 17.1 Å². The highest BCUT2D eigenvalue weighted by Crippen LogP contribution is 2.32. The Bertz CT molecular complexity index is 709. The lowest BCUT2D eigenvalue weighted by Crippen LogP contribution is -2.69. The lowest BCUT2D eigenvalue weighted by Gasteiger charge is -2.46. The predicted molar refractivity (Wildman–Crippen MR) is 110 cm³/mol. The van der Waals surface area contributed by atoms with Crippen LogP contribution in [0.25, 0.3) is 0 Å². The van der Waals surface area contributed by atoms with Gasteiger partial charge in [-0.05, 0) is 18.3 Å². The first-order valence-corrected chi connectivity index (χ1v) is 10.2.